The highest BCUT2D eigenvalue weighted by Gasteiger charge is 2.07. The van der Waals surface area contributed by atoms with Gasteiger partial charge in [-0.2, -0.15) is 9.97 Å². The Morgan fingerprint density at radius 2 is 1.84 bits per heavy atom. The van der Waals surface area contributed by atoms with Crippen molar-refractivity contribution in [1.29, 1.82) is 0 Å². The highest BCUT2D eigenvalue weighted by atomic mass is 32.2. The Morgan fingerprint density at radius 1 is 1.04 bits per heavy atom. The van der Waals surface area contributed by atoms with Gasteiger partial charge in [0.1, 0.15) is 11.5 Å². The minimum absolute atomic E-state index is 0.0795. The number of pyridine rings is 1. The van der Waals surface area contributed by atoms with Crippen LogP contribution in [-0.2, 0) is 0 Å². The molecule has 0 spiro atoms. The molecule has 0 atom stereocenters. The number of benzene rings is 1. The fraction of sp³-hybridized carbons (Fsp3) is 0.133. The number of fused-ring (bicyclic) bond motifs is 1. The summed E-state index contributed by atoms with van der Waals surface area (Å²) < 4.78 is 14.5. The molecule has 25 heavy (non-hydrogen) atoms. The summed E-state index contributed by atoms with van der Waals surface area (Å²) in [4.78, 5) is 12.9. The molecule has 128 valence electrons. The minimum atomic E-state index is 0.0795. The van der Waals surface area contributed by atoms with Crippen LogP contribution in [0, 0.1) is 0 Å². The van der Waals surface area contributed by atoms with Gasteiger partial charge in [0, 0.05) is 16.8 Å². The molecular weight excluding hydrogens is 342 g/mol. The number of rotatable bonds is 5. The Labute approximate surface area is 147 Å². The summed E-state index contributed by atoms with van der Waals surface area (Å²) in [6, 6.07) is 7.18. The number of nitrogen functional groups attached to an aromatic ring is 2. The van der Waals surface area contributed by atoms with Crippen molar-refractivity contribution in [2.75, 3.05) is 25.7 Å². The van der Waals surface area contributed by atoms with Gasteiger partial charge in [-0.25, -0.2) is 4.98 Å². The lowest BCUT2D eigenvalue weighted by atomic mass is 10.3. The Hall–Kier alpha value is -3.14. The van der Waals surface area contributed by atoms with E-state index >= 15 is 0 Å². The van der Waals surface area contributed by atoms with Crippen LogP contribution in [0.2, 0.25) is 0 Å². The number of aromatic nitrogens is 3. The summed E-state index contributed by atoms with van der Waals surface area (Å²) in [6.45, 7) is 0. The normalized spacial score (nSPS) is 11.1. The number of nitrogens with two attached hydrogens (primary N) is 2. The summed E-state index contributed by atoms with van der Waals surface area (Å²) in [5.74, 6) is 1.60. The van der Waals surface area contributed by atoms with Crippen molar-refractivity contribution in [3.63, 3.8) is 0 Å². The van der Waals surface area contributed by atoms with E-state index in [4.69, 9.17) is 20.9 Å². The van der Waals surface area contributed by atoms with Gasteiger partial charge >= 0.3 is 0 Å². The van der Waals surface area contributed by atoms with Gasteiger partial charge in [0.05, 0.1) is 25.8 Å². The number of hydrogen-bond donors (Lipinski definition) is 2. The third-order valence-electron chi connectivity index (χ3n) is 3.24. The van der Waals surface area contributed by atoms with Crippen molar-refractivity contribution in [2.45, 2.75) is 4.90 Å². The zero-order chi connectivity index (χ0) is 17.8. The molecule has 1 aromatic carbocycles. The molecule has 0 fully saturated rings. The molecule has 4 N–H and O–H groups in total. The molecule has 3 rings (SSSR count). The third kappa shape index (κ3) is 3.69. The van der Waals surface area contributed by atoms with E-state index in [1.54, 1.807) is 26.4 Å². The van der Waals surface area contributed by atoms with Crippen LogP contribution in [0.4, 0.5) is 17.5 Å². The van der Waals surface area contributed by atoms with Crippen LogP contribution in [0.25, 0.3) is 11.0 Å². The maximum atomic E-state index is 5.83. The van der Waals surface area contributed by atoms with E-state index in [0.717, 1.165) is 4.90 Å². The van der Waals surface area contributed by atoms with Crippen molar-refractivity contribution in [3.8, 4) is 11.5 Å². The van der Waals surface area contributed by atoms with Crippen LogP contribution in [0.3, 0.4) is 0 Å². The highest BCUT2D eigenvalue weighted by molar-refractivity contribution is 7.97. The summed E-state index contributed by atoms with van der Waals surface area (Å²) in [5, 5.41) is 4.70. The molecule has 0 aliphatic carbocycles. The number of ether oxygens (including phenoxy) is 2. The summed E-state index contributed by atoms with van der Waals surface area (Å²) >= 11 is 1.19. The minimum Gasteiger partial charge on any atom is -0.493 e. The number of nitrogens with zero attached hydrogens (tertiary/aromatic N) is 5. The lowest BCUT2D eigenvalue weighted by molar-refractivity contribution is 0.354. The van der Waals surface area contributed by atoms with Gasteiger partial charge in [0.2, 0.25) is 5.95 Å². The van der Waals surface area contributed by atoms with Crippen LogP contribution in [-0.4, -0.2) is 29.2 Å². The second-order valence-electron chi connectivity index (χ2n) is 4.82. The molecule has 0 aliphatic rings. The Balaban J connectivity index is 1.79. The molecule has 3 aromatic rings. The van der Waals surface area contributed by atoms with Crippen LogP contribution in [0.5, 0.6) is 11.5 Å². The topological polar surface area (TPSA) is 134 Å². The maximum absolute atomic E-state index is 5.83. The van der Waals surface area contributed by atoms with E-state index in [9.17, 15) is 0 Å². The Morgan fingerprint density at radius 3 is 2.60 bits per heavy atom. The first-order chi connectivity index (χ1) is 12.1. The van der Waals surface area contributed by atoms with Gasteiger partial charge < -0.3 is 20.9 Å². The van der Waals surface area contributed by atoms with E-state index in [1.165, 1.54) is 18.1 Å². The molecule has 0 radical (unpaired) electrons. The van der Waals surface area contributed by atoms with E-state index in [2.05, 4.69) is 24.6 Å². The Kier molecular flexibility index (Phi) is 4.80. The number of hydrogen-bond acceptors (Lipinski definition) is 10. The predicted octanol–water partition coefficient (Wildman–Crippen LogP) is 3.00. The average Bonchev–Trinajstić information content (AvgIpc) is 2.62. The molecule has 2 aromatic heterocycles. The molecular formula is C15H15N7O2S. The van der Waals surface area contributed by atoms with Gasteiger partial charge in [-0.3, -0.25) is 0 Å². The van der Waals surface area contributed by atoms with Crippen molar-refractivity contribution < 1.29 is 9.47 Å². The first-order valence-electron chi connectivity index (χ1n) is 7.09. The lowest BCUT2D eigenvalue weighted by Crippen LogP contribution is -2.01. The third-order valence-corrected chi connectivity index (χ3v) is 3.87. The lowest BCUT2D eigenvalue weighted by Gasteiger charge is -2.07. The maximum Gasteiger partial charge on any atom is 0.224 e. The van der Waals surface area contributed by atoms with Crippen molar-refractivity contribution in [2.24, 2.45) is 9.63 Å². The molecule has 0 unspecified atom stereocenters. The van der Waals surface area contributed by atoms with Crippen molar-refractivity contribution >= 4 is 40.4 Å². The van der Waals surface area contributed by atoms with Gasteiger partial charge in [0.15, 0.2) is 17.1 Å². The molecule has 0 amide bonds. The SMILES string of the molecule is COc1ccc(SN=Nc2cnc3nc(N)nc(N)c3c2)cc1OC. The van der Waals surface area contributed by atoms with Gasteiger partial charge in [-0.05, 0) is 24.3 Å². The molecule has 0 saturated carbocycles. The first kappa shape index (κ1) is 16.7. The number of anilines is 2. The van der Waals surface area contributed by atoms with Crippen LogP contribution >= 0.6 is 11.9 Å². The summed E-state index contributed by atoms with van der Waals surface area (Å²) in [5.41, 5.74) is 12.3. The van der Waals surface area contributed by atoms with Gasteiger partial charge in [-0.15, -0.1) is 9.63 Å². The summed E-state index contributed by atoms with van der Waals surface area (Å²) in [6.07, 6.45) is 1.53. The van der Waals surface area contributed by atoms with Crippen LogP contribution < -0.4 is 20.9 Å². The molecule has 10 heteroatoms. The molecule has 2 heterocycles. The van der Waals surface area contributed by atoms with E-state index in [1.807, 2.05) is 12.1 Å². The van der Waals surface area contributed by atoms with Crippen molar-refractivity contribution in [3.05, 3.63) is 30.5 Å². The van der Waals surface area contributed by atoms with Crippen molar-refractivity contribution in [1.82, 2.24) is 15.0 Å². The standard InChI is InChI=1S/C15H15N7O2S/c1-23-11-4-3-9(6-12(11)24-2)25-22-21-8-5-10-13(16)19-15(17)20-14(10)18-7-8/h3-7H,1-2H3,(H4,16,17,18,19,20). The fourth-order valence-corrected chi connectivity index (χ4v) is 2.60. The zero-order valence-electron chi connectivity index (χ0n) is 13.5. The fourth-order valence-electron chi connectivity index (χ4n) is 2.08. The van der Waals surface area contributed by atoms with E-state index in [0.29, 0.717) is 28.2 Å². The molecule has 0 saturated heterocycles. The molecule has 0 bridgehead atoms. The van der Waals surface area contributed by atoms with Gasteiger partial charge in [0.25, 0.3) is 0 Å². The zero-order valence-corrected chi connectivity index (χ0v) is 14.3. The quantitative estimate of drug-likeness (QED) is 0.525. The average molecular weight is 357 g/mol. The van der Waals surface area contributed by atoms with Gasteiger partial charge in [-0.1, -0.05) is 0 Å². The monoisotopic (exact) mass is 357 g/mol. The second-order valence-corrected chi connectivity index (χ2v) is 5.64. The van der Waals surface area contributed by atoms with Crippen LogP contribution in [0.15, 0.2) is 45.0 Å². The predicted molar refractivity (Wildman–Crippen MR) is 96.1 cm³/mol. The largest absolute Gasteiger partial charge is 0.493 e. The van der Waals surface area contributed by atoms with E-state index < -0.39 is 0 Å². The van der Waals surface area contributed by atoms with E-state index in [-0.39, 0.29) is 11.8 Å². The molecule has 9 nitrogen and oxygen atoms in total. The number of methoxy groups -OCH3 is 2. The summed E-state index contributed by atoms with van der Waals surface area (Å²) in [7, 11) is 3.16. The Bertz CT molecular complexity index is 949. The highest BCUT2D eigenvalue weighted by Crippen LogP contribution is 2.33. The second kappa shape index (κ2) is 7.18. The smallest absolute Gasteiger partial charge is 0.224 e. The first-order valence-corrected chi connectivity index (χ1v) is 7.87. The van der Waals surface area contributed by atoms with Crippen LogP contribution in [0.1, 0.15) is 0 Å². The molecule has 0 aliphatic heterocycles.